The zero-order valence-corrected chi connectivity index (χ0v) is 12.5. The molecule has 2 atom stereocenters. The summed E-state index contributed by atoms with van der Waals surface area (Å²) in [5, 5.41) is 22.3. The fraction of sp³-hybridized carbons (Fsp3) is 0.600. The van der Waals surface area contributed by atoms with Crippen molar-refractivity contribution in [1.29, 1.82) is 0 Å². The topological polar surface area (TPSA) is 83.6 Å². The van der Waals surface area contributed by atoms with Crippen LogP contribution in [0.4, 0.5) is 5.82 Å². The number of hydrogen-bond donors (Lipinski definition) is 1. The number of carboxylic acid groups (broad SMARTS) is 1. The first-order chi connectivity index (χ1) is 10.6. The molecule has 1 saturated heterocycles. The predicted molar refractivity (Wildman–Crippen MR) is 79.9 cm³/mol. The summed E-state index contributed by atoms with van der Waals surface area (Å²) in [5.74, 6) is 2.04. The van der Waals surface area contributed by atoms with Crippen LogP contribution >= 0.6 is 0 Å². The number of anilines is 1. The second-order valence-corrected chi connectivity index (χ2v) is 6.44. The van der Waals surface area contributed by atoms with Gasteiger partial charge in [0.15, 0.2) is 11.5 Å². The van der Waals surface area contributed by atoms with Crippen LogP contribution in [0.2, 0.25) is 0 Å². The lowest BCUT2D eigenvalue weighted by Gasteiger charge is -2.30. The minimum atomic E-state index is -0.688. The number of hydrogen-bond acceptors (Lipinski definition) is 5. The standard InChI is InChI=1S/C15H19N5O2/c1-9-8-11(9)14-17-16-12-2-3-13(18-20(12)14)19-6-4-10(5-7-19)15(21)22/h2-3,9-11H,4-8H2,1H3,(H,21,22). The molecule has 4 rings (SSSR count). The number of aliphatic carboxylic acids is 1. The fourth-order valence-corrected chi connectivity index (χ4v) is 3.23. The maximum absolute atomic E-state index is 11.0. The van der Waals surface area contributed by atoms with Crippen molar-refractivity contribution in [2.24, 2.45) is 11.8 Å². The minimum absolute atomic E-state index is 0.224. The van der Waals surface area contributed by atoms with E-state index in [9.17, 15) is 4.79 Å². The summed E-state index contributed by atoms with van der Waals surface area (Å²) in [6, 6.07) is 3.89. The highest BCUT2D eigenvalue weighted by Gasteiger charge is 2.38. The van der Waals surface area contributed by atoms with Crippen molar-refractivity contribution in [2.45, 2.75) is 32.1 Å². The van der Waals surface area contributed by atoms with Crippen molar-refractivity contribution < 1.29 is 9.90 Å². The van der Waals surface area contributed by atoms with E-state index in [2.05, 4.69) is 22.0 Å². The molecular formula is C15H19N5O2. The first-order valence-corrected chi connectivity index (χ1v) is 7.83. The third kappa shape index (κ3) is 2.20. The number of rotatable bonds is 3. The molecule has 3 heterocycles. The molecule has 2 unspecified atom stereocenters. The van der Waals surface area contributed by atoms with Crippen LogP contribution in [0.3, 0.4) is 0 Å². The van der Waals surface area contributed by atoms with Crippen molar-refractivity contribution >= 4 is 17.4 Å². The van der Waals surface area contributed by atoms with Gasteiger partial charge in [-0.1, -0.05) is 6.92 Å². The SMILES string of the molecule is CC1CC1c1nnc2ccc(N3CCC(C(=O)O)CC3)nn12. The zero-order chi connectivity index (χ0) is 15.3. The van der Waals surface area contributed by atoms with E-state index in [-0.39, 0.29) is 5.92 Å². The molecule has 1 N–H and O–H groups in total. The summed E-state index contributed by atoms with van der Waals surface area (Å²) in [4.78, 5) is 13.2. The second kappa shape index (κ2) is 4.93. The van der Waals surface area contributed by atoms with Crippen LogP contribution in [0.5, 0.6) is 0 Å². The van der Waals surface area contributed by atoms with Crippen LogP contribution in [0.1, 0.15) is 37.9 Å². The number of nitrogens with zero attached hydrogens (tertiary/aromatic N) is 5. The highest BCUT2D eigenvalue weighted by atomic mass is 16.4. The first-order valence-electron chi connectivity index (χ1n) is 7.83. The van der Waals surface area contributed by atoms with Gasteiger partial charge in [0, 0.05) is 19.0 Å². The number of fused-ring (bicyclic) bond motifs is 1. The van der Waals surface area contributed by atoms with E-state index < -0.39 is 5.97 Å². The lowest BCUT2D eigenvalue weighted by molar-refractivity contribution is -0.142. The Morgan fingerprint density at radius 2 is 2.00 bits per heavy atom. The Bertz CT molecular complexity index is 720. The quantitative estimate of drug-likeness (QED) is 0.926. The Balaban J connectivity index is 1.59. The highest BCUT2D eigenvalue weighted by molar-refractivity contribution is 5.70. The van der Waals surface area contributed by atoms with Gasteiger partial charge in [-0.2, -0.15) is 4.52 Å². The Labute approximate surface area is 127 Å². The van der Waals surface area contributed by atoms with E-state index >= 15 is 0 Å². The Morgan fingerprint density at radius 1 is 1.27 bits per heavy atom. The molecule has 0 aromatic carbocycles. The van der Waals surface area contributed by atoms with E-state index in [4.69, 9.17) is 10.2 Å². The fourth-order valence-electron chi connectivity index (χ4n) is 3.23. The number of carboxylic acids is 1. The van der Waals surface area contributed by atoms with Crippen molar-refractivity contribution in [2.75, 3.05) is 18.0 Å². The molecule has 0 bridgehead atoms. The van der Waals surface area contributed by atoms with Gasteiger partial charge in [0.1, 0.15) is 5.82 Å². The lowest BCUT2D eigenvalue weighted by Crippen LogP contribution is -2.37. The van der Waals surface area contributed by atoms with Gasteiger partial charge in [-0.05, 0) is 37.3 Å². The van der Waals surface area contributed by atoms with Crippen molar-refractivity contribution in [3.05, 3.63) is 18.0 Å². The number of aromatic nitrogens is 4. The van der Waals surface area contributed by atoms with Gasteiger partial charge >= 0.3 is 5.97 Å². The van der Waals surface area contributed by atoms with E-state index in [0.29, 0.717) is 24.7 Å². The second-order valence-electron chi connectivity index (χ2n) is 6.44. The van der Waals surface area contributed by atoms with Crippen LogP contribution in [-0.2, 0) is 4.79 Å². The smallest absolute Gasteiger partial charge is 0.306 e. The molecule has 22 heavy (non-hydrogen) atoms. The molecule has 7 heteroatoms. The van der Waals surface area contributed by atoms with E-state index in [0.717, 1.165) is 36.8 Å². The molecule has 0 spiro atoms. The van der Waals surface area contributed by atoms with Crippen molar-refractivity contribution in [1.82, 2.24) is 19.8 Å². The summed E-state index contributed by atoms with van der Waals surface area (Å²) < 4.78 is 1.85. The van der Waals surface area contributed by atoms with Gasteiger partial charge < -0.3 is 10.0 Å². The van der Waals surface area contributed by atoms with Crippen LogP contribution in [0.25, 0.3) is 5.65 Å². The van der Waals surface area contributed by atoms with E-state index in [1.54, 1.807) is 0 Å². The monoisotopic (exact) mass is 301 g/mol. The summed E-state index contributed by atoms with van der Waals surface area (Å²) in [6.07, 6.45) is 2.49. The number of carbonyl (C=O) groups is 1. The normalized spacial score (nSPS) is 25.6. The van der Waals surface area contributed by atoms with Crippen molar-refractivity contribution in [3.8, 4) is 0 Å². The molecule has 0 radical (unpaired) electrons. The molecule has 1 aliphatic carbocycles. The maximum atomic E-state index is 11.0. The minimum Gasteiger partial charge on any atom is -0.481 e. The van der Waals surface area contributed by atoms with Crippen LogP contribution < -0.4 is 4.90 Å². The third-order valence-corrected chi connectivity index (χ3v) is 4.88. The largest absolute Gasteiger partial charge is 0.481 e. The van der Waals surface area contributed by atoms with Gasteiger partial charge in [-0.15, -0.1) is 15.3 Å². The average molecular weight is 301 g/mol. The van der Waals surface area contributed by atoms with Crippen LogP contribution in [0.15, 0.2) is 12.1 Å². The van der Waals surface area contributed by atoms with E-state index in [1.165, 1.54) is 0 Å². The first kappa shape index (κ1) is 13.5. The molecule has 0 amide bonds. The predicted octanol–water partition coefficient (Wildman–Crippen LogP) is 1.55. The summed E-state index contributed by atoms with van der Waals surface area (Å²) in [7, 11) is 0. The molecular weight excluding hydrogens is 282 g/mol. The molecule has 7 nitrogen and oxygen atoms in total. The van der Waals surface area contributed by atoms with Crippen LogP contribution in [0, 0.1) is 11.8 Å². The summed E-state index contributed by atoms with van der Waals surface area (Å²) in [6.45, 7) is 3.67. The molecule has 2 fully saturated rings. The van der Waals surface area contributed by atoms with Crippen molar-refractivity contribution in [3.63, 3.8) is 0 Å². The summed E-state index contributed by atoms with van der Waals surface area (Å²) in [5.41, 5.74) is 0.776. The van der Waals surface area contributed by atoms with Gasteiger partial charge in [0.2, 0.25) is 0 Å². The molecule has 2 aromatic rings. The average Bonchev–Trinajstić information content (AvgIpc) is 3.10. The molecule has 2 aromatic heterocycles. The molecule has 116 valence electrons. The van der Waals surface area contributed by atoms with Crippen LogP contribution in [-0.4, -0.2) is 44.0 Å². The number of piperidine rings is 1. The van der Waals surface area contributed by atoms with Gasteiger partial charge in [-0.3, -0.25) is 4.79 Å². The maximum Gasteiger partial charge on any atom is 0.306 e. The third-order valence-electron chi connectivity index (χ3n) is 4.88. The highest BCUT2D eigenvalue weighted by Crippen LogP contribution is 2.45. The summed E-state index contributed by atoms with van der Waals surface area (Å²) >= 11 is 0. The van der Waals surface area contributed by atoms with Gasteiger partial charge in [-0.25, -0.2) is 0 Å². The Hall–Kier alpha value is -2.18. The van der Waals surface area contributed by atoms with Gasteiger partial charge in [0.25, 0.3) is 0 Å². The van der Waals surface area contributed by atoms with E-state index in [1.807, 2.05) is 16.6 Å². The van der Waals surface area contributed by atoms with Gasteiger partial charge in [0.05, 0.1) is 5.92 Å². The lowest BCUT2D eigenvalue weighted by atomic mass is 9.97. The molecule has 2 aliphatic rings. The Kier molecular flexibility index (Phi) is 3.02. The molecule has 1 saturated carbocycles. The zero-order valence-electron chi connectivity index (χ0n) is 12.5. The Morgan fingerprint density at radius 3 is 2.64 bits per heavy atom. The molecule has 1 aliphatic heterocycles.